The number of Topliss-reactive ketones (excluding diaryl/α,β-unsaturated/α-hetero) is 1. The Balaban J connectivity index is 1.95. The van der Waals surface area contributed by atoms with Crippen LogP contribution in [0.25, 0.3) is 5.76 Å². The molecule has 1 atom stereocenters. The Morgan fingerprint density at radius 1 is 0.900 bits per heavy atom. The van der Waals surface area contributed by atoms with E-state index in [2.05, 4.69) is 0 Å². The number of amides is 1. The first kappa shape index (κ1) is 19.6. The van der Waals surface area contributed by atoms with Gasteiger partial charge < -0.3 is 5.11 Å². The molecular weight excluding hydrogens is 381 g/mol. The van der Waals surface area contributed by atoms with E-state index < -0.39 is 23.5 Å². The van der Waals surface area contributed by atoms with Gasteiger partial charge in [-0.05, 0) is 43.7 Å². The van der Waals surface area contributed by atoms with E-state index in [0.29, 0.717) is 16.8 Å². The topological polar surface area (TPSA) is 57.6 Å². The van der Waals surface area contributed by atoms with Crippen LogP contribution in [0.4, 0.5) is 10.1 Å². The van der Waals surface area contributed by atoms with Gasteiger partial charge in [-0.1, -0.05) is 59.7 Å². The van der Waals surface area contributed by atoms with Crippen LogP contribution < -0.4 is 4.90 Å². The predicted octanol–water partition coefficient (Wildman–Crippen LogP) is 5.07. The van der Waals surface area contributed by atoms with Crippen LogP contribution in [0.15, 0.2) is 78.4 Å². The van der Waals surface area contributed by atoms with Crippen LogP contribution in [0.2, 0.25) is 0 Å². The fourth-order valence-electron chi connectivity index (χ4n) is 3.72. The minimum Gasteiger partial charge on any atom is -0.507 e. The van der Waals surface area contributed by atoms with Crippen LogP contribution in [-0.4, -0.2) is 16.8 Å². The number of halogens is 1. The first-order valence-electron chi connectivity index (χ1n) is 9.57. The summed E-state index contributed by atoms with van der Waals surface area (Å²) in [6.45, 7) is 3.83. The van der Waals surface area contributed by atoms with Gasteiger partial charge in [0.25, 0.3) is 11.7 Å². The fourth-order valence-corrected chi connectivity index (χ4v) is 3.72. The van der Waals surface area contributed by atoms with Gasteiger partial charge in [-0.3, -0.25) is 14.5 Å². The van der Waals surface area contributed by atoms with E-state index in [9.17, 15) is 19.1 Å². The standard InChI is InChI=1S/C25H20FNO3/c1-15-6-8-17(9-7-15)23(28)21-22(18-5-3-4-16(2)14-18)27(25(30)24(21)29)20-12-10-19(26)11-13-20/h3-14,22,28H,1-2H3/b23-21-. The highest BCUT2D eigenvalue weighted by atomic mass is 19.1. The van der Waals surface area contributed by atoms with Gasteiger partial charge in [0.2, 0.25) is 0 Å². The molecule has 1 saturated heterocycles. The summed E-state index contributed by atoms with van der Waals surface area (Å²) in [6.07, 6.45) is 0. The third-order valence-electron chi connectivity index (χ3n) is 5.23. The van der Waals surface area contributed by atoms with E-state index in [-0.39, 0.29) is 11.3 Å². The molecule has 4 nitrogen and oxygen atoms in total. The van der Waals surface area contributed by atoms with Crippen molar-refractivity contribution in [3.05, 3.63) is 106 Å². The van der Waals surface area contributed by atoms with Crippen molar-refractivity contribution in [1.82, 2.24) is 0 Å². The lowest BCUT2D eigenvalue weighted by molar-refractivity contribution is -0.132. The summed E-state index contributed by atoms with van der Waals surface area (Å²) in [5.74, 6) is -2.21. The minimum absolute atomic E-state index is 0.0128. The zero-order valence-corrected chi connectivity index (χ0v) is 16.6. The molecule has 0 aliphatic carbocycles. The Labute approximate surface area is 173 Å². The van der Waals surface area contributed by atoms with E-state index in [0.717, 1.165) is 11.1 Å². The Hall–Kier alpha value is -3.73. The van der Waals surface area contributed by atoms with Gasteiger partial charge in [0.05, 0.1) is 11.6 Å². The highest BCUT2D eigenvalue weighted by Gasteiger charge is 2.46. The van der Waals surface area contributed by atoms with E-state index in [1.807, 2.05) is 50.2 Å². The van der Waals surface area contributed by atoms with Crippen LogP contribution in [0.5, 0.6) is 0 Å². The lowest BCUT2D eigenvalue weighted by Gasteiger charge is -2.25. The highest BCUT2D eigenvalue weighted by Crippen LogP contribution is 2.42. The number of carbonyl (C=O) groups excluding carboxylic acids is 2. The van der Waals surface area contributed by atoms with Gasteiger partial charge in [0.15, 0.2) is 0 Å². The highest BCUT2D eigenvalue weighted by molar-refractivity contribution is 6.51. The van der Waals surface area contributed by atoms with Crippen molar-refractivity contribution in [2.75, 3.05) is 4.90 Å². The van der Waals surface area contributed by atoms with Crippen molar-refractivity contribution in [3.63, 3.8) is 0 Å². The summed E-state index contributed by atoms with van der Waals surface area (Å²) in [4.78, 5) is 27.3. The summed E-state index contributed by atoms with van der Waals surface area (Å²) >= 11 is 0. The van der Waals surface area contributed by atoms with Crippen molar-refractivity contribution in [2.45, 2.75) is 19.9 Å². The molecule has 4 rings (SSSR count). The molecule has 0 saturated carbocycles. The molecule has 3 aromatic rings. The molecule has 1 unspecified atom stereocenters. The van der Waals surface area contributed by atoms with Crippen molar-refractivity contribution in [3.8, 4) is 0 Å². The fraction of sp³-hybridized carbons (Fsp3) is 0.120. The minimum atomic E-state index is -0.823. The maximum Gasteiger partial charge on any atom is 0.300 e. The number of ketones is 1. The average molecular weight is 401 g/mol. The van der Waals surface area contributed by atoms with Crippen LogP contribution in [0.1, 0.15) is 28.3 Å². The zero-order chi connectivity index (χ0) is 21.4. The molecule has 1 aliphatic heterocycles. The van der Waals surface area contributed by atoms with Crippen molar-refractivity contribution >= 4 is 23.1 Å². The van der Waals surface area contributed by atoms with E-state index >= 15 is 0 Å². The molecule has 30 heavy (non-hydrogen) atoms. The molecule has 0 bridgehead atoms. The normalized spacial score (nSPS) is 18.1. The lowest BCUT2D eigenvalue weighted by atomic mass is 9.94. The molecule has 1 N–H and O–H groups in total. The Morgan fingerprint density at radius 2 is 1.57 bits per heavy atom. The Bertz CT molecular complexity index is 1160. The van der Waals surface area contributed by atoms with Crippen molar-refractivity contribution in [1.29, 1.82) is 0 Å². The van der Waals surface area contributed by atoms with Gasteiger partial charge in [-0.25, -0.2) is 4.39 Å². The predicted molar refractivity (Wildman–Crippen MR) is 114 cm³/mol. The first-order chi connectivity index (χ1) is 14.4. The summed E-state index contributed by atoms with van der Waals surface area (Å²) in [5.41, 5.74) is 3.50. The Morgan fingerprint density at radius 3 is 2.20 bits per heavy atom. The SMILES string of the molecule is Cc1ccc(/C(O)=C2/C(=O)C(=O)N(c3ccc(F)cc3)C2c2cccc(C)c2)cc1. The lowest BCUT2D eigenvalue weighted by Crippen LogP contribution is -2.29. The van der Waals surface area contributed by atoms with Gasteiger partial charge in [0.1, 0.15) is 11.6 Å². The largest absolute Gasteiger partial charge is 0.507 e. The molecule has 1 aliphatic rings. The second kappa shape index (κ2) is 7.59. The summed E-state index contributed by atoms with van der Waals surface area (Å²) in [6, 6.07) is 19.1. The number of hydrogen-bond donors (Lipinski definition) is 1. The third kappa shape index (κ3) is 3.39. The monoisotopic (exact) mass is 401 g/mol. The van der Waals surface area contributed by atoms with Gasteiger partial charge in [-0.2, -0.15) is 0 Å². The second-order valence-electron chi connectivity index (χ2n) is 7.43. The van der Waals surface area contributed by atoms with Crippen LogP contribution in [-0.2, 0) is 9.59 Å². The van der Waals surface area contributed by atoms with E-state index in [1.165, 1.54) is 29.2 Å². The maximum absolute atomic E-state index is 13.5. The number of anilines is 1. The summed E-state index contributed by atoms with van der Waals surface area (Å²) in [5, 5.41) is 11.0. The quantitative estimate of drug-likeness (QED) is 0.379. The number of aryl methyl sites for hydroxylation is 2. The molecule has 150 valence electrons. The smallest absolute Gasteiger partial charge is 0.300 e. The van der Waals surface area contributed by atoms with Crippen molar-refractivity contribution < 1.29 is 19.1 Å². The molecule has 1 heterocycles. The average Bonchev–Trinajstić information content (AvgIpc) is 3.00. The van der Waals surface area contributed by atoms with Gasteiger partial charge in [0, 0.05) is 11.3 Å². The number of benzene rings is 3. The van der Waals surface area contributed by atoms with Gasteiger partial charge in [-0.15, -0.1) is 0 Å². The first-order valence-corrected chi connectivity index (χ1v) is 9.57. The number of nitrogens with zero attached hydrogens (tertiary/aromatic N) is 1. The van der Waals surface area contributed by atoms with E-state index in [4.69, 9.17) is 0 Å². The van der Waals surface area contributed by atoms with Gasteiger partial charge >= 0.3 is 0 Å². The van der Waals surface area contributed by atoms with Crippen LogP contribution in [0.3, 0.4) is 0 Å². The van der Waals surface area contributed by atoms with Crippen LogP contribution in [0, 0.1) is 19.7 Å². The third-order valence-corrected chi connectivity index (χ3v) is 5.23. The molecule has 0 radical (unpaired) electrons. The molecule has 0 aromatic heterocycles. The Kier molecular flexibility index (Phi) is 4.96. The second-order valence-corrected chi connectivity index (χ2v) is 7.43. The number of hydrogen-bond acceptors (Lipinski definition) is 3. The molecular formula is C25H20FNO3. The number of aliphatic hydroxyl groups excluding tert-OH is 1. The van der Waals surface area contributed by atoms with E-state index in [1.54, 1.807) is 12.1 Å². The number of rotatable bonds is 3. The molecule has 3 aromatic carbocycles. The molecule has 5 heteroatoms. The zero-order valence-electron chi connectivity index (χ0n) is 16.6. The number of carbonyl (C=O) groups is 2. The number of aliphatic hydroxyl groups is 1. The summed E-state index contributed by atoms with van der Waals surface area (Å²) < 4.78 is 13.5. The molecule has 1 amide bonds. The van der Waals surface area contributed by atoms with Crippen LogP contribution >= 0.6 is 0 Å². The summed E-state index contributed by atoms with van der Waals surface area (Å²) in [7, 11) is 0. The maximum atomic E-state index is 13.5. The molecule has 1 fully saturated rings. The van der Waals surface area contributed by atoms with Crippen molar-refractivity contribution in [2.24, 2.45) is 0 Å². The molecule has 0 spiro atoms.